The van der Waals surface area contributed by atoms with Gasteiger partial charge in [0.25, 0.3) is 0 Å². The molecule has 1 aliphatic rings. The zero-order chi connectivity index (χ0) is 14.8. The Labute approximate surface area is 132 Å². The number of rotatable bonds is 4. The Morgan fingerprint density at radius 2 is 2.15 bits per heavy atom. The molecule has 1 heterocycles. The second kappa shape index (κ2) is 5.75. The number of pyridine rings is 1. The molecule has 6 heteroatoms. The molecule has 0 spiro atoms. The van der Waals surface area contributed by atoms with E-state index in [1.54, 1.807) is 6.20 Å². The van der Waals surface area contributed by atoms with E-state index in [-0.39, 0.29) is 5.54 Å². The van der Waals surface area contributed by atoms with Crippen molar-refractivity contribution in [1.82, 2.24) is 10.3 Å². The van der Waals surface area contributed by atoms with Gasteiger partial charge < -0.3 is 14.8 Å². The molecule has 1 fully saturated rings. The molecule has 1 aliphatic carbocycles. The van der Waals surface area contributed by atoms with Crippen molar-refractivity contribution in [2.45, 2.75) is 44.8 Å². The Morgan fingerprint density at radius 3 is 2.65 bits per heavy atom. The number of ether oxygens (including phenoxy) is 2. The number of alkyl carbamates (subject to hydrolysis) is 1. The zero-order valence-electron chi connectivity index (χ0n) is 11.9. The van der Waals surface area contributed by atoms with E-state index in [4.69, 9.17) is 9.47 Å². The van der Waals surface area contributed by atoms with Gasteiger partial charge in [0.1, 0.15) is 12.2 Å². The molecule has 0 saturated heterocycles. The topological polar surface area (TPSA) is 60.5 Å². The van der Waals surface area contributed by atoms with Gasteiger partial charge in [0.05, 0.1) is 5.54 Å². The largest absolute Gasteiger partial charge is 0.475 e. The second-order valence-corrected chi connectivity index (χ2v) is 7.26. The van der Waals surface area contributed by atoms with Crippen LogP contribution in [0.2, 0.25) is 0 Å². The van der Waals surface area contributed by atoms with Crippen LogP contribution >= 0.6 is 22.6 Å². The molecule has 1 aromatic rings. The van der Waals surface area contributed by atoms with E-state index in [0.717, 1.165) is 16.4 Å². The summed E-state index contributed by atoms with van der Waals surface area (Å²) in [6.07, 6.45) is 3.15. The number of hydrogen-bond donors (Lipinski definition) is 1. The van der Waals surface area contributed by atoms with Crippen LogP contribution in [-0.4, -0.2) is 28.8 Å². The van der Waals surface area contributed by atoms with E-state index >= 15 is 0 Å². The number of amides is 1. The Bertz CT molecular complexity index is 478. The van der Waals surface area contributed by atoms with Crippen LogP contribution in [-0.2, 0) is 4.74 Å². The van der Waals surface area contributed by atoms with Gasteiger partial charge in [-0.05, 0) is 62.3 Å². The normalized spacial score (nSPS) is 16.4. The average Bonchev–Trinajstić information content (AvgIpc) is 3.06. The SMILES string of the molecule is CC(C)(C)OC(=O)NC1(COc2ccc(I)cn2)CC1. The summed E-state index contributed by atoms with van der Waals surface area (Å²) in [4.78, 5) is 15.9. The Kier molecular flexibility index (Phi) is 4.41. The smallest absolute Gasteiger partial charge is 0.408 e. The summed E-state index contributed by atoms with van der Waals surface area (Å²) in [5, 5.41) is 2.89. The van der Waals surface area contributed by atoms with Crippen LogP contribution in [0.5, 0.6) is 5.88 Å². The maximum atomic E-state index is 11.8. The first-order valence-corrected chi connectivity index (χ1v) is 7.61. The molecule has 0 atom stereocenters. The summed E-state index contributed by atoms with van der Waals surface area (Å²) in [5.74, 6) is 0.572. The van der Waals surface area contributed by atoms with Crippen LogP contribution in [0.1, 0.15) is 33.6 Å². The molecule has 0 radical (unpaired) electrons. The Hall–Kier alpha value is -1.05. The van der Waals surface area contributed by atoms with Gasteiger partial charge in [0.2, 0.25) is 5.88 Å². The molecule has 110 valence electrons. The van der Waals surface area contributed by atoms with E-state index in [1.807, 2.05) is 32.9 Å². The lowest BCUT2D eigenvalue weighted by Crippen LogP contribution is -2.44. The van der Waals surface area contributed by atoms with Crippen LogP contribution in [0.3, 0.4) is 0 Å². The van der Waals surface area contributed by atoms with E-state index < -0.39 is 11.7 Å². The number of nitrogens with zero attached hydrogens (tertiary/aromatic N) is 1. The molecular weight excluding hydrogens is 371 g/mol. The van der Waals surface area contributed by atoms with E-state index in [2.05, 4.69) is 32.9 Å². The monoisotopic (exact) mass is 390 g/mol. The predicted octanol–water partition coefficient (Wildman–Crippen LogP) is 3.12. The molecule has 0 bridgehead atoms. The number of halogens is 1. The summed E-state index contributed by atoms with van der Waals surface area (Å²) in [6, 6.07) is 3.76. The van der Waals surface area contributed by atoms with Crippen molar-refractivity contribution in [2.75, 3.05) is 6.61 Å². The van der Waals surface area contributed by atoms with Crippen molar-refractivity contribution < 1.29 is 14.3 Å². The molecule has 0 aliphatic heterocycles. The molecule has 1 amide bonds. The fraction of sp³-hybridized carbons (Fsp3) is 0.571. The van der Waals surface area contributed by atoms with Crippen LogP contribution in [0.4, 0.5) is 4.79 Å². The quantitative estimate of drug-likeness (QED) is 0.803. The van der Waals surface area contributed by atoms with Crippen molar-refractivity contribution in [3.63, 3.8) is 0 Å². The molecule has 0 unspecified atom stereocenters. The minimum absolute atomic E-state index is 0.299. The summed E-state index contributed by atoms with van der Waals surface area (Å²) in [7, 11) is 0. The van der Waals surface area contributed by atoms with Gasteiger partial charge in [-0.1, -0.05) is 0 Å². The fourth-order valence-corrected chi connectivity index (χ4v) is 1.96. The molecule has 20 heavy (non-hydrogen) atoms. The van der Waals surface area contributed by atoms with Gasteiger partial charge in [-0.25, -0.2) is 9.78 Å². The first-order valence-electron chi connectivity index (χ1n) is 6.54. The first kappa shape index (κ1) is 15.3. The highest BCUT2D eigenvalue weighted by Gasteiger charge is 2.46. The second-order valence-electron chi connectivity index (χ2n) is 6.01. The molecule has 1 saturated carbocycles. The van der Waals surface area contributed by atoms with E-state index in [1.165, 1.54) is 0 Å². The van der Waals surface area contributed by atoms with Gasteiger partial charge in [-0.15, -0.1) is 0 Å². The van der Waals surface area contributed by atoms with Crippen LogP contribution in [0.15, 0.2) is 18.3 Å². The number of nitrogens with one attached hydrogen (secondary N) is 1. The molecule has 5 nitrogen and oxygen atoms in total. The van der Waals surface area contributed by atoms with Crippen molar-refractivity contribution >= 4 is 28.7 Å². The zero-order valence-corrected chi connectivity index (χ0v) is 14.1. The molecular formula is C14H19IN2O3. The van der Waals surface area contributed by atoms with Crippen molar-refractivity contribution in [3.8, 4) is 5.88 Å². The van der Waals surface area contributed by atoms with Gasteiger partial charge in [-0.2, -0.15) is 0 Å². The van der Waals surface area contributed by atoms with Gasteiger partial charge >= 0.3 is 6.09 Å². The maximum Gasteiger partial charge on any atom is 0.408 e. The summed E-state index contributed by atoms with van der Waals surface area (Å²) >= 11 is 2.19. The first-order chi connectivity index (χ1) is 9.28. The Morgan fingerprint density at radius 1 is 1.45 bits per heavy atom. The standard InChI is InChI=1S/C14H19IN2O3/c1-13(2,3)20-12(18)17-14(6-7-14)9-19-11-5-4-10(15)8-16-11/h4-5,8H,6-7,9H2,1-3H3,(H,17,18). The minimum atomic E-state index is -0.487. The summed E-state index contributed by atoms with van der Waals surface area (Å²) < 4.78 is 12.0. The van der Waals surface area contributed by atoms with Crippen molar-refractivity contribution in [1.29, 1.82) is 0 Å². The van der Waals surface area contributed by atoms with Gasteiger partial charge in [0.15, 0.2) is 0 Å². The summed E-state index contributed by atoms with van der Waals surface area (Å²) in [5.41, 5.74) is -0.786. The third kappa shape index (κ3) is 4.81. The highest BCUT2D eigenvalue weighted by Crippen LogP contribution is 2.36. The predicted molar refractivity (Wildman–Crippen MR) is 83.8 cm³/mol. The Balaban J connectivity index is 1.83. The molecule has 1 aromatic heterocycles. The maximum absolute atomic E-state index is 11.8. The van der Waals surface area contributed by atoms with Gasteiger partial charge in [-0.3, -0.25) is 0 Å². The van der Waals surface area contributed by atoms with Crippen LogP contribution < -0.4 is 10.1 Å². The lowest BCUT2D eigenvalue weighted by molar-refractivity contribution is 0.0476. The number of carbonyl (C=O) groups is 1. The molecule has 1 N–H and O–H groups in total. The lowest BCUT2D eigenvalue weighted by Gasteiger charge is -2.23. The van der Waals surface area contributed by atoms with Crippen molar-refractivity contribution in [3.05, 3.63) is 21.9 Å². The molecule has 0 aromatic carbocycles. The highest BCUT2D eigenvalue weighted by atomic mass is 127. The third-order valence-corrected chi connectivity index (χ3v) is 3.45. The van der Waals surface area contributed by atoms with Gasteiger partial charge in [0, 0.05) is 15.8 Å². The lowest BCUT2D eigenvalue weighted by atomic mass is 10.2. The highest BCUT2D eigenvalue weighted by molar-refractivity contribution is 14.1. The number of aromatic nitrogens is 1. The van der Waals surface area contributed by atoms with E-state index in [9.17, 15) is 4.79 Å². The summed E-state index contributed by atoms with van der Waals surface area (Å²) in [6.45, 7) is 5.95. The number of carbonyl (C=O) groups excluding carboxylic acids is 1. The number of hydrogen-bond acceptors (Lipinski definition) is 4. The average molecular weight is 390 g/mol. The molecule has 2 rings (SSSR count). The van der Waals surface area contributed by atoms with Crippen LogP contribution in [0, 0.1) is 3.57 Å². The van der Waals surface area contributed by atoms with Crippen molar-refractivity contribution in [2.24, 2.45) is 0 Å². The minimum Gasteiger partial charge on any atom is -0.475 e. The van der Waals surface area contributed by atoms with E-state index in [0.29, 0.717) is 12.5 Å². The fourth-order valence-electron chi connectivity index (χ4n) is 1.64. The third-order valence-electron chi connectivity index (χ3n) is 2.82. The van der Waals surface area contributed by atoms with Crippen LogP contribution in [0.25, 0.3) is 0 Å².